The smallest absolute Gasteiger partial charge is 0.148 e. The molecule has 104 valence electrons. The van der Waals surface area contributed by atoms with Gasteiger partial charge in [0.05, 0.1) is 11.1 Å². The van der Waals surface area contributed by atoms with Gasteiger partial charge in [-0.3, -0.25) is 5.41 Å². The Labute approximate surface area is 118 Å². The summed E-state index contributed by atoms with van der Waals surface area (Å²) in [4.78, 5) is 6.43. The van der Waals surface area contributed by atoms with E-state index in [1.165, 1.54) is 0 Å². The summed E-state index contributed by atoms with van der Waals surface area (Å²) < 4.78 is 5.49. The third-order valence-corrected chi connectivity index (χ3v) is 4.03. The van der Waals surface area contributed by atoms with Crippen molar-refractivity contribution in [3.63, 3.8) is 0 Å². The van der Waals surface area contributed by atoms with E-state index in [0.29, 0.717) is 22.3 Å². The zero-order valence-electron chi connectivity index (χ0n) is 11.2. The third-order valence-electron chi connectivity index (χ3n) is 3.65. The Morgan fingerprint density at radius 3 is 3.00 bits per heavy atom. The molecule has 19 heavy (non-hydrogen) atoms. The van der Waals surface area contributed by atoms with Gasteiger partial charge in [-0.15, -0.1) is 0 Å². The third kappa shape index (κ3) is 2.82. The molecular formula is C13H19ClN4O. The number of nitrogens with one attached hydrogen (secondary N) is 1. The van der Waals surface area contributed by atoms with Crippen molar-refractivity contribution in [1.29, 1.82) is 5.41 Å². The largest absolute Gasteiger partial charge is 0.384 e. The molecule has 1 aromatic rings. The SMILES string of the molecule is COC1CN(c2nccc(C(=N)N)c2Cl)CCC1C. The monoisotopic (exact) mass is 282 g/mol. The van der Waals surface area contributed by atoms with Crippen LogP contribution in [0.4, 0.5) is 5.82 Å². The van der Waals surface area contributed by atoms with E-state index in [4.69, 9.17) is 27.5 Å². The Balaban J connectivity index is 2.27. The van der Waals surface area contributed by atoms with Crippen molar-refractivity contribution in [1.82, 2.24) is 4.98 Å². The van der Waals surface area contributed by atoms with Crippen LogP contribution in [0.15, 0.2) is 12.3 Å². The lowest BCUT2D eigenvalue weighted by Crippen LogP contribution is -2.44. The van der Waals surface area contributed by atoms with E-state index >= 15 is 0 Å². The Bertz CT molecular complexity index is 480. The second-order valence-corrected chi connectivity index (χ2v) is 5.27. The van der Waals surface area contributed by atoms with Crippen LogP contribution in [0.5, 0.6) is 0 Å². The van der Waals surface area contributed by atoms with E-state index in [1.54, 1.807) is 19.4 Å². The highest BCUT2D eigenvalue weighted by molar-refractivity contribution is 6.36. The molecule has 0 bridgehead atoms. The summed E-state index contributed by atoms with van der Waals surface area (Å²) in [6.45, 7) is 3.83. The molecule has 3 N–H and O–H groups in total. The number of nitrogen functional groups attached to an aromatic ring is 1. The van der Waals surface area contributed by atoms with Crippen molar-refractivity contribution in [2.75, 3.05) is 25.1 Å². The van der Waals surface area contributed by atoms with E-state index in [0.717, 1.165) is 19.5 Å². The fourth-order valence-corrected chi connectivity index (χ4v) is 2.73. The fourth-order valence-electron chi connectivity index (χ4n) is 2.39. The predicted octanol–water partition coefficient (Wildman–Crippen LogP) is 1.88. The number of pyridine rings is 1. The number of amidine groups is 1. The van der Waals surface area contributed by atoms with Crippen LogP contribution in [0.3, 0.4) is 0 Å². The van der Waals surface area contributed by atoms with Crippen LogP contribution < -0.4 is 10.6 Å². The molecule has 1 aromatic heterocycles. The summed E-state index contributed by atoms with van der Waals surface area (Å²) in [6, 6.07) is 1.66. The highest BCUT2D eigenvalue weighted by Gasteiger charge is 2.28. The summed E-state index contributed by atoms with van der Waals surface area (Å²) in [6.07, 6.45) is 2.84. The summed E-state index contributed by atoms with van der Waals surface area (Å²) in [5.41, 5.74) is 6.04. The summed E-state index contributed by atoms with van der Waals surface area (Å²) in [7, 11) is 1.73. The molecule has 1 fully saturated rings. The second-order valence-electron chi connectivity index (χ2n) is 4.90. The number of ether oxygens (including phenoxy) is 1. The Hall–Kier alpha value is -1.33. The first-order chi connectivity index (χ1) is 9.04. The van der Waals surface area contributed by atoms with Crippen molar-refractivity contribution in [2.45, 2.75) is 19.4 Å². The van der Waals surface area contributed by atoms with Crippen LogP contribution in [-0.4, -0.2) is 37.1 Å². The van der Waals surface area contributed by atoms with E-state index < -0.39 is 0 Å². The van der Waals surface area contributed by atoms with Gasteiger partial charge in [-0.1, -0.05) is 18.5 Å². The lowest BCUT2D eigenvalue weighted by Gasteiger charge is -2.37. The normalized spacial score (nSPS) is 23.4. The standard InChI is InChI=1S/C13H19ClN4O/c1-8-4-6-18(7-10(8)19-2)13-11(14)9(12(15)16)3-5-17-13/h3,5,8,10H,4,6-7H2,1-2H3,(H3,15,16). The van der Waals surface area contributed by atoms with Crippen LogP contribution in [0, 0.1) is 11.3 Å². The molecule has 2 atom stereocenters. The van der Waals surface area contributed by atoms with Crippen LogP contribution in [0.25, 0.3) is 0 Å². The van der Waals surface area contributed by atoms with Gasteiger partial charge in [-0.2, -0.15) is 0 Å². The molecule has 0 aromatic carbocycles. The molecule has 6 heteroatoms. The second kappa shape index (κ2) is 5.75. The van der Waals surface area contributed by atoms with Gasteiger partial charge in [0.1, 0.15) is 11.7 Å². The Morgan fingerprint density at radius 2 is 2.37 bits per heavy atom. The minimum absolute atomic E-state index is 0.0395. The molecule has 1 saturated heterocycles. The number of methoxy groups -OCH3 is 1. The summed E-state index contributed by atoms with van der Waals surface area (Å²) in [5.74, 6) is 1.17. The maximum Gasteiger partial charge on any atom is 0.148 e. The average molecular weight is 283 g/mol. The highest BCUT2D eigenvalue weighted by Crippen LogP contribution is 2.30. The molecule has 0 amide bonds. The first-order valence-corrected chi connectivity index (χ1v) is 6.69. The van der Waals surface area contributed by atoms with Gasteiger partial charge in [-0.25, -0.2) is 4.98 Å². The Kier molecular flexibility index (Phi) is 4.27. The lowest BCUT2D eigenvalue weighted by molar-refractivity contribution is 0.0496. The number of halogens is 1. The van der Waals surface area contributed by atoms with Crippen LogP contribution in [0.2, 0.25) is 5.02 Å². The number of rotatable bonds is 3. The zero-order chi connectivity index (χ0) is 14.0. The van der Waals surface area contributed by atoms with Crippen LogP contribution in [0.1, 0.15) is 18.9 Å². The van der Waals surface area contributed by atoms with E-state index in [-0.39, 0.29) is 11.9 Å². The van der Waals surface area contributed by atoms with Crippen LogP contribution in [-0.2, 0) is 4.74 Å². The van der Waals surface area contributed by atoms with Gasteiger partial charge in [0.25, 0.3) is 0 Å². The van der Waals surface area contributed by atoms with Gasteiger partial charge in [0.2, 0.25) is 0 Å². The quantitative estimate of drug-likeness (QED) is 0.656. The molecule has 2 unspecified atom stereocenters. The van der Waals surface area contributed by atoms with Crippen molar-refractivity contribution in [3.05, 3.63) is 22.8 Å². The molecule has 0 aliphatic carbocycles. The topological polar surface area (TPSA) is 75.2 Å². The average Bonchev–Trinajstić information content (AvgIpc) is 2.39. The van der Waals surface area contributed by atoms with Gasteiger partial charge in [0.15, 0.2) is 0 Å². The summed E-state index contributed by atoms with van der Waals surface area (Å²) in [5, 5.41) is 7.96. The number of hydrogen-bond donors (Lipinski definition) is 2. The van der Waals surface area contributed by atoms with E-state index in [1.807, 2.05) is 0 Å². The number of anilines is 1. The van der Waals surface area contributed by atoms with Gasteiger partial charge in [0, 0.05) is 32.0 Å². The number of nitrogens with zero attached hydrogens (tertiary/aromatic N) is 2. The van der Waals surface area contributed by atoms with Crippen molar-refractivity contribution in [2.24, 2.45) is 11.7 Å². The molecule has 0 radical (unpaired) electrons. The maximum absolute atomic E-state index is 7.52. The van der Waals surface area contributed by atoms with Gasteiger partial charge in [-0.05, 0) is 18.4 Å². The van der Waals surface area contributed by atoms with E-state index in [2.05, 4.69) is 16.8 Å². The molecule has 1 aliphatic heterocycles. The van der Waals surface area contributed by atoms with Gasteiger partial charge >= 0.3 is 0 Å². The predicted molar refractivity (Wildman–Crippen MR) is 77.1 cm³/mol. The van der Waals surface area contributed by atoms with Crippen molar-refractivity contribution < 1.29 is 4.74 Å². The Morgan fingerprint density at radius 1 is 1.63 bits per heavy atom. The minimum atomic E-state index is -0.0395. The van der Waals surface area contributed by atoms with Crippen molar-refractivity contribution >= 4 is 23.3 Å². The first-order valence-electron chi connectivity index (χ1n) is 6.31. The van der Waals surface area contributed by atoms with Crippen LogP contribution >= 0.6 is 11.6 Å². The van der Waals surface area contributed by atoms with Crippen molar-refractivity contribution in [3.8, 4) is 0 Å². The molecular weight excluding hydrogens is 264 g/mol. The van der Waals surface area contributed by atoms with E-state index in [9.17, 15) is 0 Å². The lowest BCUT2D eigenvalue weighted by atomic mass is 9.96. The number of piperidine rings is 1. The molecule has 5 nitrogen and oxygen atoms in total. The maximum atomic E-state index is 7.52. The zero-order valence-corrected chi connectivity index (χ0v) is 11.9. The summed E-state index contributed by atoms with van der Waals surface area (Å²) >= 11 is 6.30. The molecule has 2 heterocycles. The molecule has 2 rings (SSSR count). The number of nitrogens with two attached hydrogens (primary N) is 1. The minimum Gasteiger partial charge on any atom is -0.384 e. The first kappa shape index (κ1) is 14.1. The number of hydrogen-bond acceptors (Lipinski definition) is 4. The molecule has 0 saturated carbocycles. The number of aromatic nitrogens is 1. The molecule has 1 aliphatic rings. The highest BCUT2D eigenvalue weighted by atomic mass is 35.5. The van der Waals surface area contributed by atoms with Gasteiger partial charge < -0.3 is 15.4 Å². The molecule has 0 spiro atoms. The fraction of sp³-hybridized carbons (Fsp3) is 0.538.